The van der Waals surface area contributed by atoms with Crippen molar-refractivity contribution in [1.29, 1.82) is 0 Å². The molecule has 1 aliphatic heterocycles. The second-order valence-corrected chi connectivity index (χ2v) is 10.5. The van der Waals surface area contributed by atoms with Crippen molar-refractivity contribution < 1.29 is 24.2 Å². The zero-order chi connectivity index (χ0) is 23.0. The van der Waals surface area contributed by atoms with E-state index in [-0.39, 0.29) is 12.1 Å². The molecule has 2 aliphatic rings. The molecule has 2 fully saturated rings. The van der Waals surface area contributed by atoms with Crippen LogP contribution in [-0.2, 0) is 9.47 Å². The first kappa shape index (κ1) is 23.4. The number of nitrogens with zero attached hydrogens (tertiary/aromatic N) is 2. The minimum atomic E-state index is -1.09. The van der Waals surface area contributed by atoms with Crippen molar-refractivity contribution >= 4 is 12.2 Å². The van der Waals surface area contributed by atoms with E-state index in [4.69, 9.17) is 9.47 Å². The van der Waals surface area contributed by atoms with Crippen molar-refractivity contribution in [2.45, 2.75) is 103 Å². The smallest absolute Gasteiger partial charge is 0.412 e. The predicted molar refractivity (Wildman–Crippen MR) is 117 cm³/mol. The summed E-state index contributed by atoms with van der Waals surface area (Å²) in [7, 11) is 0. The Morgan fingerprint density at radius 1 is 0.871 bits per heavy atom. The molecule has 1 aromatic rings. The Bertz CT molecular complexity index is 739. The second-order valence-electron chi connectivity index (χ2n) is 10.5. The number of aliphatic hydroxyl groups excluding tert-OH is 1. The number of hydrogen-bond acceptors (Lipinski definition) is 5. The molecule has 1 saturated heterocycles. The maximum atomic E-state index is 13.3. The molecule has 1 aromatic carbocycles. The highest BCUT2D eigenvalue weighted by Crippen LogP contribution is 2.42. The van der Waals surface area contributed by atoms with E-state index in [1.807, 2.05) is 59.7 Å². The lowest BCUT2D eigenvalue weighted by Gasteiger charge is -2.36. The summed E-state index contributed by atoms with van der Waals surface area (Å²) in [4.78, 5) is 29.8. The molecular weight excluding hydrogens is 396 g/mol. The van der Waals surface area contributed by atoms with Crippen molar-refractivity contribution in [3.8, 4) is 0 Å². The maximum absolute atomic E-state index is 13.3. The van der Waals surface area contributed by atoms with Crippen LogP contribution in [0.25, 0.3) is 0 Å². The van der Waals surface area contributed by atoms with Crippen LogP contribution in [0.1, 0.15) is 78.9 Å². The van der Waals surface area contributed by atoms with Gasteiger partial charge < -0.3 is 14.6 Å². The summed E-state index contributed by atoms with van der Waals surface area (Å²) in [5.41, 5.74) is -0.751. The summed E-state index contributed by atoms with van der Waals surface area (Å²) in [5, 5.41) is 11.4. The van der Waals surface area contributed by atoms with Crippen molar-refractivity contribution in [3.63, 3.8) is 0 Å². The van der Waals surface area contributed by atoms with E-state index < -0.39 is 35.7 Å². The van der Waals surface area contributed by atoms with Crippen LogP contribution in [0.15, 0.2) is 30.3 Å². The summed E-state index contributed by atoms with van der Waals surface area (Å²) in [6, 6.07) is 8.67. The number of benzene rings is 1. The summed E-state index contributed by atoms with van der Waals surface area (Å²) in [5.74, 6) is 0. The SMILES string of the molecule is CC(C)(C)OC(=O)N1C(C(O)c2ccccc2)N(C(=O)OC(C)(C)C)[C@@H]2CCCC[C@H]21. The van der Waals surface area contributed by atoms with E-state index in [1.54, 1.807) is 21.9 Å². The molecule has 3 rings (SSSR count). The molecule has 0 bridgehead atoms. The fourth-order valence-electron chi connectivity index (χ4n) is 4.51. The first-order valence-electron chi connectivity index (χ1n) is 11.1. The van der Waals surface area contributed by atoms with Gasteiger partial charge in [-0.05, 0) is 59.9 Å². The number of hydrogen-bond donors (Lipinski definition) is 1. The van der Waals surface area contributed by atoms with Gasteiger partial charge in [0.05, 0.1) is 12.1 Å². The van der Waals surface area contributed by atoms with Gasteiger partial charge in [0.1, 0.15) is 23.5 Å². The van der Waals surface area contributed by atoms with Gasteiger partial charge >= 0.3 is 12.2 Å². The number of rotatable bonds is 2. The average molecular weight is 433 g/mol. The average Bonchev–Trinajstić information content (AvgIpc) is 3.01. The van der Waals surface area contributed by atoms with E-state index >= 15 is 0 Å². The molecule has 0 spiro atoms. The van der Waals surface area contributed by atoms with Crippen LogP contribution >= 0.6 is 0 Å². The van der Waals surface area contributed by atoms with Crippen LogP contribution in [0.5, 0.6) is 0 Å². The highest BCUT2D eigenvalue weighted by atomic mass is 16.6. The quantitative estimate of drug-likeness (QED) is 0.723. The second kappa shape index (κ2) is 8.69. The molecule has 0 radical (unpaired) electrons. The van der Waals surface area contributed by atoms with Gasteiger partial charge in [-0.1, -0.05) is 43.2 Å². The molecule has 3 atom stereocenters. The Morgan fingerprint density at radius 2 is 1.29 bits per heavy atom. The van der Waals surface area contributed by atoms with Crippen molar-refractivity contribution in [3.05, 3.63) is 35.9 Å². The normalized spacial score (nSPS) is 23.3. The first-order valence-corrected chi connectivity index (χ1v) is 11.1. The lowest BCUT2D eigenvalue weighted by atomic mass is 9.90. The molecule has 1 saturated carbocycles. The highest BCUT2D eigenvalue weighted by molar-refractivity contribution is 5.75. The van der Waals surface area contributed by atoms with Crippen molar-refractivity contribution in [2.75, 3.05) is 0 Å². The fraction of sp³-hybridized carbons (Fsp3) is 0.667. The highest BCUT2D eigenvalue weighted by Gasteiger charge is 2.56. The number of carbonyl (C=O) groups is 2. The van der Waals surface area contributed by atoms with E-state index in [1.165, 1.54) is 0 Å². The van der Waals surface area contributed by atoms with E-state index in [9.17, 15) is 14.7 Å². The van der Waals surface area contributed by atoms with Gasteiger partial charge in [-0.2, -0.15) is 0 Å². The molecule has 31 heavy (non-hydrogen) atoms. The Balaban J connectivity index is 2.05. The first-order chi connectivity index (χ1) is 14.4. The minimum absolute atomic E-state index is 0.223. The lowest BCUT2D eigenvalue weighted by molar-refractivity contribution is -0.0401. The maximum Gasteiger partial charge on any atom is 0.412 e. The van der Waals surface area contributed by atoms with E-state index in [0.29, 0.717) is 5.56 Å². The van der Waals surface area contributed by atoms with Crippen LogP contribution in [0.4, 0.5) is 9.59 Å². The monoisotopic (exact) mass is 432 g/mol. The summed E-state index contributed by atoms with van der Waals surface area (Å²) < 4.78 is 11.4. The van der Waals surface area contributed by atoms with Crippen LogP contribution in [0.2, 0.25) is 0 Å². The fourth-order valence-corrected chi connectivity index (χ4v) is 4.51. The summed E-state index contributed by atoms with van der Waals surface area (Å²) in [6.07, 6.45) is 0.383. The molecule has 7 nitrogen and oxygen atoms in total. The molecule has 1 heterocycles. The zero-order valence-corrected chi connectivity index (χ0v) is 19.5. The Kier molecular flexibility index (Phi) is 6.56. The van der Waals surface area contributed by atoms with Crippen LogP contribution < -0.4 is 0 Å². The number of fused-ring (bicyclic) bond motifs is 1. The van der Waals surface area contributed by atoms with Crippen molar-refractivity contribution in [2.24, 2.45) is 0 Å². The Labute approximate surface area is 185 Å². The third-order valence-electron chi connectivity index (χ3n) is 5.61. The third kappa shape index (κ3) is 5.32. The van der Waals surface area contributed by atoms with E-state index in [2.05, 4.69) is 0 Å². The van der Waals surface area contributed by atoms with Gasteiger partial charge in [-0.3, -0.25) is 9.80 Å². The van der Waals surface area contributed by atoms with Gasteiger partial charge in [0, 0.05) is 0 Å². The van der Waals surface area contributed by atoms with Crippen LogP contribution in [-0.4, -0.2) is 56.5 Å². The topological polar surface area (TPSA) is 79.3 Å². The van der Waals surface area contributed by atoms with Gasteiger partial charge in [0.2, 0.25) is 0 Å². The van der Waals surface area contributed by atoms with Gasteiger partial charge in [0.25, 0.3) is 0 Å². The predicted octanol–water partition coefficient (Wildman–Crippen LogP) is 4.85. The van der Waals surface area contributed by atoms with Gasteiger partial charge in [-0.15, -0.1) is 0 Å². The Morgan fingerprint density at radius 3 is 1.68 bits per heavy atom. The molecule has 1 unspecified atom stereocenters. The number of carbonyl (C=O) groups excluding carboxylic acids is 2. The molecule has 0 aromatic heterocycles. The molecule has 172 valence electrons. The van der Waals surface area contributed by atoms with Crippen LogP contribution in [0.3, 0.4) is 0 Å². The molecule has 2 amide bonds. The summed E-state index contributed by atoms with van der Waals surface area (Å²) >= 11 is 0. The Hall–Kier alpha value is -2.28. The third-order valence-corrected chi connectivity index (χ3v) is 5.61. The lowest BCUT2D eigenvalue weighted by Crippen LogP contribution is -2.51. The number of ether oxygens (including phenoxy) is 2. The number of amides is 2. The van der Waals surface area contributed by atoms with Gasteiger partial charge in [-0.25, -0.2) is 9.59 Å². The van der Waals surface area contributed by atoms with Crippen LogP contribution in [0, 0.1) is 0 Å². The molecular formula is C24H36N2O5. The largest absolute Gasteiger partial charge is 0.444 e. The summed E-state index contributed by atoms with van der Waals surface area (Å²) in [6.45, 7) is 10.9. The molecule has 7 heteroatoms. The minimum Gasteiger partial charge on any atom is -0.444 e. The zero-order valence-electron chi connectivity index (χ0n) is 19.5. The molecule has 1 N–H and O–H groups in total. The number of aliphatic hydroxyl groups is 1. The van der Waals surface area contributed by atoms with Crippen molar-refractivity contribution in [1.82, 2.24) is 9.80 Å². The molecule has 1 aliphatic carbocycles. The standard InChI is InChI=1S/C24H36N2O5/c1-23(2,3)30-21(28)25-17-14-10-11-15-18(17)26(22(29)31-24(4,5)6)20(25)19(27)16-12-8-7-9-13-16/h7-9,12-13,17-20,27H,10-11,14-15H2,1-6H3/t17-,18-,19?/m1/s1. The van der Waals surface area contributed by atoms with Gasteiger partial charge in [0.15, 0.2) is 0 Å². The van der Waals surface area contributed by atoms with E-state index in [0.717, 1.165) is 25.7 Å².